The Morgan fingerprint density at radius 1 is 1.03 bits per heavy atom. The van der Waals surface area contributed by atoms with Crippen LogP contribution in [0.1, 0.15) is 24.1 Å². The summed E-state index contributed by atoms with van der Waals surface area (Å²) < 4.78 is 5.88. The van der Waals surface area contributed by atoms with E-state index in [0.29, 0.717) is 25.7 Å². The highest BCUT2D eigenvalue weighted by Gasteiger charge is 2.25. The van der Waals surface area contributed by atoms with Crippen molar-refractivity contribution >= 4 is 11.7 Å². The number of anilines is 1. The predicted molar refractivity (Wildman–Crippen MR) is 127 cm³/mol. The second-order valence-electron chi connectivity index (χ2n) is 8.03. The lowest BCUT2D eigenvalue weighted by atomic mass is 10.1. The number of rotatable bonds is 7. The molecule has 1 aliphatic heterocycles. The van der Waals surface area contributed by atoms with E-state index in [1.54, 1.807) is 6.20 Å². The van der Waals surface area contributed by atoms with Crippen LogP contribution in [-0.2, 0) is 6.42 Å². The number of aromatic nitrogens is 1. The maximum atomic E-state index is 12.8. The van der Waals surface area contributed by atoms with Crippen molar-refractivity contribution in [1.82, 2.24) is 14.8 Å². The molecule has 0 bridgehead atoms. The van der Waals surface area contributed by atoms with E-state index >= 15 is 0 Å². The summed E-state index contributed by atoms with van der Waals surface area (Å²) in [4.78, 5) is 21.3. The number of nitrogens with zero attached hydrogens (tertiary/aromatic N) is 3. The van der Waals surface area contributed by atoms with Gasteiger partial charge in [-0.1, -0.05) is 42.5 Å². The fourth-order valence-corrected chi connectivity index (χ4v) is 3.94. The van der Waals surface area contributed by atoms with Crippen LogP contribution in [0.15, 0.2) is 79.1 Å². The summed E-state index contributed by atoms with van der Waals surface area (Å²) in [5.74, 6) is 0.758. The van der Waals surface area contributed by atoms with Gasteiger partial charge in [-0.25, -0.2) is 4.79 Å². The fraction of sp³-hybridized carbons (Fsp3) is 0.308. The van der Waals surface area contributed by atoms with Crippen molar-refractivity contribution in [1.29, 1.82) is 0 Å². The molecule has 1 atom stereocenters. The number of amides is 2. The van der Waals surface area contributed by atoms with Crippen LogP contribution in [0.5, 0.6) is 5.75 Å². The molecule has 32 heavy (non-hydrogen) atoms. The highest BCUT2D eigenvalue weighted by molar-refractivity contribution is 5.89. The summed E-state index contributed by atoms with van der Waals surface area (Å²) in [5, 5.41) is 3.01. The quantitative estimate of drug-likeness (QED) is 0.595. The molecule has 0 aliphatic carbocycles. The Morgan fingerprint density at radius 3 is 2.59 bits per heavy atom. The normalized spacial score (nSPS) is 15.2. The van der Waals surface area contributed by atoms with Crippen LogP contribution < -0.4 is 10.1 Å². The van der Waals surface area contributed by atoms with Gasteiger partial charge in [0, 0.05) is 62.8 Å². The molecule has 3 aromatic rings. The van der Waals surface area contributed by atoms with Crippen LogP contribution in [0.2, 0.25) is 0 Å². The number of nitrogens with one attached hydrogen (secondary N) is 1. The molecule has 1 N–H and O–H groups in total. The molecule has 2 heterocycles. The number of hydrogen-bond donors (Lipinski definition) is 1. The lowest BCUT2D eigenvalue weighted by molar-refractivity contribution is 0.119. The van der Waals surface area contributed by atoms with Crippen molar-refractivity contribution in [3.05, 3.63) is 90.3 Å². The van der Waals surface area contributed by atoms with E-state index in [-0.39, 0.29) is 6.03 Å². The SMILES string of the molecule is CC(c1cccnc1)N1CCN(C(=O)Nc2cccc(OCCc3ccccc3)c2)CC1. The molecular formula is C26H30N4O2. The lowest BCUT2D eigenvalue weighted by Crippen LogP contribution is -2.50. The average molecular weight is 431 g/mol. The van der Waals surface area contributed by atoms with Crippen LogP contribution in [0, 0.1) is 0 Å². The molecule has 0 radical (unpaired) electrons. The zero-order valence-corrected chi connectivity index (χ0v) is 18.5. The molecule has 0 spiro atoms. The van der Waals surface area contributed by atoms with Gasteiger partial charge in [0.1, 0.15) is 5.75 Å². The number of carbonyl (C=O) groups is 1. The number of hydrogen-bond acceptors (Lipinski definition) is 4. The third-order valence-corrected chi connectivity index (χ3v) is 5.90. The van der Waals surface area contributed by atoms with Gasteiger partial charge in [0.15, 0.2) is 0 Å². The first kappa shape index (κ1) is 21.8. The maximum Gasteiger partial charge on any atom is 0.321 e. The van der Waals surface area contributed by atoms with E-state index in [0.717, 1.165) is 30.9 Å². The Bertz CT molecular complexity index is 989. The standard InChI is InChI=1S/C26H30N4O2/c1-21(23-9-6-13-27-20-23)29-14-16-30(17-15-29)26(31)28-24-10-5-11-25(19-24)32-18-12-22-7-3-2-4-8-22/h2-11,13,19-21H,12,14-18H2,1H3,(H,28,31). The third-order valence-electron chi connectivity index (χ3n) is 5.90. The first-order chi connectivity index (χ1) is 15.7. The van der Waals surface area contributed by atoms with Crippen LogP contribution in [0.4, 0.5) is 10.5 Å². The van der Waals surface area contributed by atoms with Gasteiger partial charge in [-0.15, -0.1) is 0 Å². The van der Waals surface area contributed by atoms with Crippen LogP contribution >= 0.6 is 0 Å². The van der Waals surface area contributed by atoms with E-state index in [9.17, 15) is 4.79 Å². The fourth-order valence-electron chi connectivity index (χ4n) is 3.94. The topological polar surface area (TPSA) is 57.7 Å². The molecule has 1 fully saturated rings. The van der Waals surface area contributed by atoms with Crippen molar-refractivity contribution in [3.63, 3.8) is 0 Å². The van der Waals surface area contributed by atoms with Crippen molar-refractivity contribution in [2.75, 3.05) is 38.1 Å². The summed E-state index contributed by atoms with van der Waals surface area (Å²) >= 11 is 0. The van der Waals surface area contributed by atoms with E-state index in [1.807, 2.05) is 59.6 Å². The minimum Gasteiger partial charge on any atom is -0.493 e. The lowest BCUT2D eigenvalue weighted by Gasteiger charge is -2.38. The van der Waals surface area contributed by atoms with Gasteiger partial charge < -0.3 is 15.0 Å². The Labute approximate surface area is 189 Å². The largest absolute Gasteiger partial charge is 0.493 e. The molecule has 1 aromatic heterocycles. The number of pyridine rings is 1. The summed E-state index contributed by atoms with van der Waals surface area (Å²) in [5.41, 5.74) is 3.20. The Hall–Kier alpha value is -3.38. The number of carbonyl (C=O) groups excluding carboxylic acids is 1. The summed E-state index contributed by atoms with van der Waals surface area (Å²) in [6.07, 6.45) is 4.56. The molecule has 6 heteroatoms. The van der Waals surface area contributed by atoms with E-state index < -0.39 is 0 Å². The molecule has 0 saturated carbocycles. The maximum absolute atomic E-state index is 12.8. The summed E-state index contributed by atoms with van der Waals surface area (Å²) in [6, 6.07) is 22.1. The Morgan fingerprint density at radius 2 is 1.84 bits per heavy atom. The second kappa shape index (κ2) is 10.8. The number of urea groups is 1. The monoisotopic (exact) mass is 430 g/mol. The Kier molecular flexibility index (Phi) is 7.35. The number of ether oxygens (including phenoxy) is 1. The molecule has 1 unspecified atom stereocenters. The van der Waals surface area contributed by atoms with Gasteiger partial charge in [-0.05, 0) is 36.2 Å². The minimum atomic E-state index is -0.0693. The van der Waals surface area contributed by atoms with Gasteiger partial charge in [-0.2, -0.15) is 0 Å². The van der Waals surface area contributed by atoms with Crippen LogP contribution in [-0.4, -0.2) is 53.6 Å². The highest BCUT2D eigenvalue weighted by Crippen LogP contribution is 2.22. The van der Waals surface area contributed by atoms with Crippen molar-refractivity contribution in [2.45, 2.75) is 19.4 Å². The molecule has 1 aliphatic rings. The van der Waals surface area contributed by atoms with Gasteiger partial charge in [0.05, 0.1) is 6.61 Å². The minimum absolute atomic E-state index is 0.0693. The second-order valence-corrected chi connectivity index (χ2v) is 8.03. The number of piperazine rings is 1. The molecule has 166 valence electrons. The van der Waals surface area contributed by atoms with E-state index in [1.165, 1.54) is 11.1 Å². The van der Waals surface area contributed by atoms with Crippen LogP contribution in [0.25, 0.3) is 0 Å². The molecule has 2 aromatic carbocycles. The highest BCUT2D eigenvalue weighted by atomic mass is 16.5. The van der Waals surface area contributed by atoms with E-state index in [4.69, 9.17) is 4.74 Å². The van der Waals surface area contributed by atoms with Crippen molar-refractivity contribution in [2.24, 2.45) is 0 Å². The van der Waals surface area contributed by atoms with Crippen LogP contribution in [0.3, 0.4) is 0 Å². The number of benzene rings is 2. The zero-order chi connectivity index (χ0) is 22.2. The molecule has 4 rings (SSSR count). The first-order valence-corrected chi connectivity index (χ1v) is 11.2. The summed E-state index contributed by atoms with van der Waals surface area (Å²) in [7, 11) is 0. The zero-order valence-electron chi connectivity index (χ0n) is 18.5. The predicted octanol–water partition coefficient (Wildman–Crippen LogP) is 4.61. The summed E-state index contributed by atoms with van der Waals surface area (Å²) in [6.45, 7) is 5.86. The van der Waals surface area contributed by atoms with Gasteiger partial charge in [0.2, 0.25) is 0 Å². The van der Waals surface area contributed by atoms with Gasteiger partial charge in [0.25, 0.3) is 0 Å². The van der Waals surface area contributed by atoms with Crippen molar-refractivity contribution in [3.8, 4) is 5.75 Å². The smallest absolute Gasteiger partial charge is 0.321 e. The van der Waals surface area contributed by atoms with Gasteiger partial charge >= 0.3 is 6.03 Å². The molecular weight excluding hydrogens is 400 g/mol. The Balaban J connectivity index is 1.25. The average Bonchev–Trinajstić information content (AvgIpc) is 2.85. The van der Waals surface area contributed by atoms with Gasteiger partial charge in [-0.3, -0.25) is 9.88 Å². The molecule has 1 saturated heterocycles. The van der Waals surface area contributed by atoms with E-state index in [2.05, 4.69) is 40.3 Å². The molecule has 6 nitrogen and oxygen atoms in total. The molecule has 2 amide bonds. The first-order valence-electron chi connectivity index (χ1n) is 11.2. The third kappa shape index (κ3) is 5.86. The van der Waals surface area contributed by atoms with Crippen molar-refractivity contribution < 1.29 is 9.53 Å².